The molecule has 138 valence electrons. The fourth-order valence-electron chi connectivity index (χ4n) is 2.77. The Balaban J connectivity index is 1.55. The summed E-state index contributed by atoms with van der Waals surface area (Å²) < 4.78 is 5.79. The zero-order chi connectivity index (χ0) is 19.1. The number of nitrogens with zero attached hydrogens (tertiary/aromatic N) is 1. The minimum absolute atomic E-state index is 0.00519. The van der Waals surface area contributed by atoms with Crippen LogP contribution in [0.25, 0.3) is 0 Å². The van der Waals surface area contributed by atoms with Gasteiger partial charge < -0.3 is 15.0 Å². The average molecular weight is 360 g/mol. The minimum atomic E-state index is -0.341. The number of hydrogen-bond acceptors (Lipinski definition) is 3. The van der Waals surface area contributed by atoms with Crippen LogP contribution in [0.1, 0.15) is 12.5 Å². The van der Waals surface area contributed by atoms with Gasteiger partial charge >= 0.3 is 0 Å². The lowest BCUT2D eigenvalue weighted by Gasteiger charge is -2.23. The lowest BCUT2D eigenvalue weighted by atomic mass is 10.2. The summed E-state index contributed by atoms with van der Waals surface area (Å²) in [6, 6.07) is 27.0. The molecule has 0 radical (unpaired) electrons. The number of rotatable bonds is 7. The van der Waals surface area contributed by atoms with E-state index in [1.807, 2.05) is 91.9 Å². The number of ether oxygens (including phenoxy) is 1. The Hall–Kier alpha value is -3.27. The molecule has 0 aliphatic rings. The van der Waals surface area contributed by atoms with Crippen LogP contribution in [0.3, 0.4) is 0 Å². The molecule has 0 heterocycles. The van der Waals surface area contributed by atoms with Crippen LogP contribution in [0.4, 0.5) is 11.4 Å². The largest absolute Gasteiger partial charge is 0.489 e. The normalized spacial score (nSPS) is 11.5. The van der Waals surface area contributed by atoms with Gasteiger partial charge in [-0.05, 0) is 48.9 Å². The van der Waals surface area contributed by atoms with E-state index in [2.05, 4.69) is 5.32 Å². The highest BCUT2D eigenvalue weighted by molar-refractivity contribution is 5.98. The number of anilines is 2. The smallest absolute Gasteiger partial charge is 0.248 e. The summed E-state index contributed by atoms with van der Waals surface area (Å²) in [5.41, 5.74) is 2.88. The van der Waals surface area contributed by atoms with Crippen molar-refractivity contribution in [2.24, 2.45) is 0 Å². The molecule has 0 aromatic heterocycles. The zero-order valence-corrected chi connectivity index (χ0v) is 15.6. The zero-order valence-electron chi connectivity index (χ0n) is 15.6. The van der Waals surface area contributed by atoms with Gasteiger partial charge in [-0.1, -0.05) is 48.5 Å². The maximum absolute atomic E-state index is 12.6. The average Bonchev–Trinajstić information content (AvgIpc) is 2.73. The summed E-state index contributed by atoms with van der Waals surface area (Å²) in [6.07, 6.45) is 0. The number of carbonyl (C=O) groups excluding carboxylic acids is 1. The second kappa shape index (κ2) is 8.90. The molecule has 1 atom stereocenters. The highest BCUT2D eigenvalue weighted by atomic mass is 16.5. The van der Waals surface area contributed by atoms with Gasteiger partial charge in [0.15, 0.2) is 0 Å². The molecule has 3 aromatic rings. The van der Waals surface area contributed by atoms with Crippen LogP contribution in [0.2, 0.25) is 0 Å². The molecule has 0 unspecified atom stereocenters. The van der Waals surface area contributed by atoms with Crippen LogP contribution in [0.5, 0.6) is 5.75 Å². The van der Waals surface area contributed by atoms with Gasteiger partial charge in [0.05, 0.1) is 0 Å². The first kappa shape index (κ1) is 18.5. The molecule has 3 aromatic carbocycles. The third kappa shape index (κ3) is 5.11. The fraction of sp³-hybridized carbons (Fsp3) is 0.174. The minimum Gasteiger partial charge on any atom is -0.489 e. The summed E-state index contributed by atoms with van der Waals surface area (Å²) in [5.74, 6) is 0.801. The summed E-state index contributed by atoms with van der Waals surface area (Å²) in [4.78, 5) is 14.3. The van der Waals surface area contributed by atoms with Crippen molar-refractivity contribution in [2.45, 2.75) is 19.6 Å². The maximum atomic E-state index is 12.6. The molecule has 1 amide bonds. The van der Waals surface area contributed by atoms with E-state index in [9.17, 15) is 4.79 Å². The van der Waals surface area contributed by atoms with Gasteiger partial charge in [-0.25, -0.2) is 0 Å². The molecule has 4 nitrogen and oxygen atoms in total. The number of para-hydroxylation sites is 1. The molecule has 0 saturated heterocycles. The van der Waals surface area contributed by atoms with Crippen molar-refractivity contribution in [3.8, 4) is 5.75 Å². The first-order chi connectivity index (χ1) is 13.1. The van der Waals surface area contributed by atoms with Crippen molar-refractivity contribution in [1.82, 2.24) is 0 Å². The number of benzene rings is 3. The van der Waals surface area contributed by atoms with Crippen molar-refractivity contribution in [3.63, 3.8) is 0 Å². The van der Waals surface area contributed by atoms with Crippen molar-refractivity contribution in [2.75, 3.05) is 17.3 Å². The monoisotopic (exact) mass is 360 g/mol. The van der Waals surface area contributed by atoms with Crippen LogP contribution >= 0.6 is 0 Å². The summed E-state index contributed by atoms with van der Waals surface area (Å²) >= 11 is 0. The summed E-state index contributed by atoms with van der Waals surface area (Å²) in [7, 11) is 1.79. The van der Waals surface area contributed by atoms with Crippen LogP contribution < -0.4 is 15.0 Å². The Bertz CT molecular complexity index is 849. The molecule has 0 fully saturated rings. The van der Waals surface area contributed by atoms with Gasteiger partial charge in [0.25, 0.3) is 0 Å². The number of likely N-dealkylation sites (N-methyl/N-ethyl adjacent to an activating group) is 1. The second-order valence-corrected chi connectivity index (χ2v) is 6.40. The van der Waals surface area contributed by atoms with Crippen molar-refractivity contribution >= 4 is 17.3 Å². The van der Waals surface area contributed by atoms with E-state index in [1.165, 1.54) is 0 Å². The second-order valence-electron chi connectivity index (χ2n) is 6.40. The molecule has 27 heavy (non-hydrogen) atoms. The first-order valence-electron chi connectivity index (χ1n) is 8.99. The van der Waals surface area contributed by atoms with Crippen LogP contribution in [0, 0.1) is 0 Å². The number of amides is 1. The molecule has 0 aliphatic heterocycles. The summed E-state index contributed by atoms with van der Waals surface area (Å²) in [6.45, 7) is 2.39. The van der Waals surface area contributed by atoms with E-state index in [4.69, 9.17) is 4.74 Å². The molecular formula is C23H24N2O2. The van der Waals surface area contributed by atoms with E-state index in [0.717, 1.165) is 22.7 Å². The number of hydrogen-bond donors (Lipinski definition) is 1. The van der Waals surface area contributed by atoms with Gasteiger partial charge in [0, 0.05) is 18.4 Å². The molecule has 3 rings (SSSR count). The Morgan fingerprint density at radius 2 is 1.52 bits per heavy atom. The fourth-order valence-corrected chi connectivity index (χ4v) is 2.77. The Labute approximate surface area is 160 Å². The van der Waals surface area contributed by atoms with Crippen molar-refractivity contribution in [1.29, 1.82) is 0 Å². The first-order valence-corrected chi connectivity index (χ1v) is 8.99. The van der Waals surface area contributed by atoms with Gasteiger partial charge in [0.2, 0.25) is 5.91 Å². The van der Waals surface area contributed by atoms with Crippen LogP contribution in [0.15, 0.2) is 84.9 Å². The third-order valence-corrected chi connectivity index (χ3v) is 4.33. The highest BCUT2D eigenvalue weighted by Crippen LogP contribution is 2.19. The lowest BCUT2D eigenvalue weighted by molar-refractivity contribution is -0.118. The molecule has 0 bridgehead atoms. The van der Waals surface area contributed by atoms with E-state index < -0.39 is 0 Å². The van der Waals surface area contributed by atoms with Crippen molar-refractivity contribution < 1.29 is 9.53 Å². The van der Waals surface area contributed by atoms with Gasteiger partial charge in [0.1, 0.15) is 18.4 Å². The van der Waals surface area contributed by atoms with Gasteiger partial charge in [-0.15, -0.1) is 0 Å². The van der Waals surface area contributed by atoms with Crippen LogP contribution in [-0.2, 0) is 11.4 Å². The number of nitrogens with one attached hydrogen (secondary N) is 1. The topological polar surface area (TPSA) is 41.6 Å². The Morgan fingerprint density at radius 3 is 2.15 bits per heavy atom. The van der Waals surface area contributed by atoms with Gasteiger partial charge in [-0.3, -0.25) is 4.79 Å². The maximum Gasteiger partial charge on any atom is 0.248 e. The van der Waals surface area contributed by atoms with Crippen molar-refractivity contribution in [3.05, 3.63) is 90.5 Å². The predicted octanol–water partition coefficient (Wildman–Crippen LogP) is 4.73. The van der Waals surface area contributed by atoms with Gasteiger partial charge in [-0.2, -0.15) is 0 Å². The highest BCUT2D eigenvalue weighted by Gasteiger charge is 2.18. The van der Waals surface area contributed by atoms with E-state index in [1.54, 1.807) is 11.9 Å². The molecule has 0 spiro atoms. The SMILES string of the molecule is C[C@H](Nc1ccc(OCc2ccccc2)cc1)C(=O)N(C)c1ccccc1. The Kier molecular flexibility index (Phi) is 6.10. The standard InChI is InChI=1S/C23H24N2O2/c1-18(23(26)25(2)21-11-7-4-8-12-21)24-20-13-15-22(16-14-20)27-17-19-9-5-3-6-10-19/h3-16,18,24H,17H2,1-2H3/t18-/m0/s1. The number of carbonyl (C=O) groups is 1. The molecule has 1 N–H and O–H groups in total. The van der Waals surface area contributed by atoms with E-state index in [-0.39, 0.29) is 11.9 Å². The van der Waals surface area contributed by atoms with E-state index in [0.29, 0.717) is 6.61 Å². The third-order valence-electron chi connectivity index (χ3n) is 4.33. The lowest BCUT2D eigenvalue weighted by Crippen LogP contribution is -2.39. The summed E-state index contributed by atoms with van der Waals surface area (Å²) in [5, 5.41) is 3.25. The molecule has 0 saturated carbocycles. The van der Waals surface area contributed by atoms with E-state index >= 15 is 0 Å². The molecule has 4 heteroatoms. The predicted molar refractivity (Wildman–Crippen MR) is 110 cm³/mol. The van der Waals surface area contributed by atoms with Crippen LogP contribution in [-0.4, -0.2) is 19.0 Å². The molecule has 0 aliphatic carbocycles. The quantitative estimate of drug-likeness (QED) is 0.662. The Morgan fingerprint density at radius 1 is 0.926 bits per heavy atom. The molecular weight excluding hydrogens is 336 g/mol.